The summed E-state index contributed by atoms with van der Waals surface area (Å²) in [5.41, 5.74) is 3.84. The lowest BCUT2D eigenvalue weighted by Crippen LogP contribution is -2.26. The Morgan fingerprint density at radius 1 is 1.15 bits per heavy atom. The monoisotopic (exact) mass is 429 g/mol. The fourth-order valence-corrected chi connectivity index (χ4v) is 4.00. The Morgan fingerprint density at radius 3 is 2.58 bits per heavy atom. The number of nitrogens with zero attached hydrogens (tertiary/aromatic N) is 3. The van der Waals surface area contributed by atoms with E-state index in [2.05, 4.69) is 20.9 Å². The third-order valence-electron chi connectivity index (χ3n) is 4.61. The van der Waals surface area contributed by atoms with Gasteiger partial charge in [0.15, 0.2) is 0 Å². The molecule has 6 heteroatoms. The highest BCUT2D eigenvalue weighted by atomic mass is 79.9. The summed E-state index contributed by atoms with van der Waals surface area (Å²) in [7, 11) is 0. The van der Waals surface area contributed by atoms with Crippen LogP contribution in [0, 0.1) is 13.8 Å². The first-order chi connectivity index (χ1) is 12.4. The van der Waals surface area contributed by atoms with Crippen molar-refractivity contribution in [2.75, 3.05) is 4.90 Å². The molecule has 4 nitrogen and oxygen atoms in total. The van der Waals surface area contributed by atoms with E-state index in [0.29, 0.717) is 17.4 Å². The average Bonchev–Trinajstić information content (AvgIpc) is 3.07. The van der Waals surface area contributed by atoms with Gasteiger partial charge in [0.05, 0.1) is 11.9 Å². The molecule has 0 saturated heterocycles. The van der Waals surface area contributed by atoms with Crippen molar-refractivity contribution < 1.29 is 4.79 Å². The topological polar surface area (TPSA) is 38.1 Å². The maximum atomic E-state index is 13.3. The van der Waals surface area contributed by atoms with Gasteiger partial charge in [-0.05, 0) is 55.3 Å². The quantitative estimate of drug-likeness (QED) is 0.559. The van der Waals surface area contributed by atoms with Crippen LogP contribution < -0.4 is 4.90 Å². The summed E-state index contributed by atoms with van der Waals surface area (Å²) >= 11 is 9.67. The number of anilines is 2. The highest BCUT2D eigenvalue weighted by Crippen LogP contribution is 2.39. The zero-order valence-electron chi connectivity index (χ0n) is 14.4. The Labute approximate surface area is 165 Å². The molecule has 2 aromatic carbocycles. The molecule has 3 aromatic rings. The molecule has 26 heavy (non-hydrogen) atoms. The lowest BCUT2D eigenvalue weighted by molar-refractivity contribution is -0.119. The van der Waals surface area contributed by atoms with Crippen LogP contribution in [0.5, 0.6) is 0 Å². The summed E-state index contributed by atoms with van der Waals surface area (Å²) in [5, 5.41) is 0.610. The first-order valence-electron chi connectivity index (χ1n) is 8.33. The molecule has 1 aliphatic rings. The van der Waals surface area contributed by atoms with E-state index in [1.165, 1.54) is 0 Å². The molecule has 1 aliphatic heterocycles. The molecule has 2 heterocycles. The van der Waals surface area contributed by atoms with Crippen LogP contribution in [0.25, 0.3) is 0 Å². The smallest absolute Gasteiger partial charge is 0.257 e. The molecule has 0 saturated carbocycles. The number of halogens is 2. The summed E-state index contributed by atoms with van der Waals surface area (Å²) in [4.78, 5) is 19.4. The van der Waals surface area contributed by atoms with Crippen LogP contribution in [0.1, 0.15) is 22.9 Å². The number of rotatable bonds is 3. The molecule has 132 valence electrons. The number of aryl methyl sites for hydroxylation is 2. The van der Waals surface area contributed by atoms with E-state index in [-0.39, 0.29) is 11.9 Å². The van der Waals surface area contributed by atoms with E-state index in [0.717, 1.165) is 27.0 Å². The van der Waals surface area contributed by atoms with Crippen molar-refractivity contribution in [3.63, 3.8) is 0 Å². The van der Waals surface area contributed by atoms with Gasteiger partial charge in [0, 0.05) is 21.6 Å². The Balaban J connectivity index is 1.76. The van der Waals surface area contributed by atoms with Crippen molar-refractivity contribution in [3.05, 3.63) is 75.0 Å². The number of carbonyl (C=O) groups is 1. The number of imidazole rings is 1. The van der Waals surface area contributed by atoms with Crippen LogP contribution in [0.2, 0.25) is 5.02 Å². The normalized spacial score (nSPS) is 16.2. The molecular weight excluding hydrogens is 414 g/mol. The summed E-state index contributed by atoms with van der Waals surface area (Å²) in [6, 6.07) is 13.4. The van der Waals surface area contributed by atoms with Gasteiger partial charge >= 0.3 is 0 Å². The van der Waals surface area contributed by atoms with Crippen LogP contribution in [-0.2, 0) is 11.2 Å². The van der Waals surface area contributed by atoms with Crippen molar-refractivity contribution in [3.8, 4) is 0 Å². The third kappa shape index (κ3) is 2.95. The van der Waals surface area contributed by atoms with E-state index in [1.807, 2.05) is 60.9 Å². The molecular formula is C20H17BrClN3O. The zero-order valence-corrected chi connectivity index (χ0v) is 16.8. The molecule has 0 aliphatic carbocycles. The van der Waals surface area contributed by atoms with Gasteiger partial charge in [0.25, 0.3) is 5.91 Å². The minimum Gasteiger partial charge on any atom is -0.301 e. The molecule has 1 aromatic heterocycles. The lowest BCUT2D eigenvalue weighted by atomic mass is 10.1. The summed E-state index contributed by atoms with van der Waals surface area (Å²) < 4.78 is 3.04. The van der Waals surface area contributed by atoms with E-state index in [9.17, 15) is 4.79 Å². The Morgan fingerprint density at radius 2 is 1.88 bits per heavy atom. The van der Waals surface area contributed by atoms with Crippen molar-refractivity contribution in [2.45, 2.75) is 26.3 Å². The van der Waals surface area contributed by atoms with Crippen LogP contribution in [0.4, 0.5) is 11.6 Å². The van der Waals surface area contributed by atoms with E-state index >= 15 is 0 Å². The molecule has 0 spiro atoms. The van der Waals surface area contributed by atoms with Crippen molar-refractivity contribution in [2.24, 2.45) is 0 Å². The Kier molecular flexibility index (Phi) is 4.37. The van der Waals surface area contributed by atoms with E-state index in [1.54, 1.807) is 11.1 Å². The fourth-order valence-electron chi connectivity index (χ4n) is 3.45. The molecule has 1 unspecified atom stereocenters. The molecule has 0 N–H and O–H groups in total. The Bertz CT molecular complexity index is 977. The van der Waals surface area contributed by atoms with Gasteiger partial charge in [-0.3, -0.25) is 4.79 Å². The molecule has 0 radical (unpaired) electrons. The second-order valence-corrected chi connectivity index (χ2v) is 7.93. The maximum Gasteiger partial charge on any atom is 0.257 e. The van der Waals surface area contributed by atoms with Gasteiger partial charge < -0.3 is 4.57 Å². The summed E-state index contributed by atoms with van der Waals surface area (Å²) in [6.45, 7) is 3.94. The number of hydrogen-bond donors (Lipinski definition) is 0. The van der Waals surface area contributed by atoms with E-state index in [4.69, 9.17) is 11.6 Å². The van der Waals surface area contributed by atoms with Crippen LogP contribution in [-0.4, -0.2) is 15.5 Å². The van der Waals surface area contributed by atoms with Crippen LogP contribution >= 0.6 is 27.5 Å². The second kappa shape index (κ2) is 6.56. The number of aromatic nitrogens is 2. The van der Waals surface area contributed by atoms with Gasteiger partial charge in [-0.15, -0.1) is 0 Å². The van der Waals surface area contributed by atoms with Gasteiger partial charge in [0.1, 0.15) is 6.04 Å². The van der Waals surface area contributed by atoms with Gasteiger partial charge in [-0.25, -0.2) is 9.88 Å². The average molecular weight is 431 g/mol. The highest BCUT2D eigenvalue weighted by Gasteiger charge is 2.40. The fraction of sp³-hybridized carbons (Fsp3) is 0.200. The standard InChI is InChI=1S/C20H17BrClN3O/c1-12-7-16(22)10-17(8-12)25-19(26)18(24-13(2)11-23-20(24)25)9-14-3-5-15(21)6-4-14/h3-8,10-11,18H,9H2,1-2H3. The Hall–Kier alpha value is -2.11. The number of carbonyl (C=O) groups excluding carboxylic acids is 1. The largest absolute Gasteiger partial charge is 0.301 e. The second-order valence-electron chi connectivity index (χ2n) is 6.58. The van der Waals surface area contributed by atoms with Gasteiger partial charge in [0.2, 0.25) is 5.95 Å². The first kappa shape index (κ1) is 17.3. The van der Waals surface area contributed by atoms with Crippen LogP contribution in [0.3, 0.4) is 0 Å². The lowest BCUT2D eigenvalue weighted by Gasteiger charge is -2.17. The minimum atomic E-state index is -0.312. The molecule has 1 amide bonds. The summed E-state index contributed by atoms with van der Waals surface area (Å²) in [6.07, 6.45) is 2.42. The zero-order chi connectivity index (χ0) is 18.4. The molecule has 1 atom stereocenters. The van der Waals surface area contributed by atoms with Crippen molar-refractivity contribution in [1.82, 2.24) is 9.55 Å². The number of hydrogen-bond acceptors (Lipinski definition) is 2. The SMILES string of the molecule is Cc1cc(Cl)cc(N2C(=O)C(Cc3ccc(Br)cc3)n3c(C)cnc32)c1. The highest BCUT2D eigenvalue weighted by molar-refractivity contribution is 9.10. The van der Waals surface area contributed by atoms with Gasteiger partial charge in [-0.1, -0.05) is 39.7 Å². The molecule has 0 bridgehead atoms. The maximum absolute atomic E-state index is 13.3. The molecule has 4 rings (SSSR count). The van der Waals surface area contributed by atoms with E-state index < -0.39 is 0 Å². The molecule has 0 fully saturated rings. The van der Waals surface area contributed by atoms with Crippen molar-refractivity contribution >= 4 is 45.1 Å². The number of benzene rings is 2. The predicted octanol–water partition coefficient (Wildman–Crippen LogP) is 5.38. The number of amides is 1. The van der Waals surface area contributed by atoms with Gasteiger partial charge in [-0.2, -0.15) is 0 Å². The van der Waals surface area contributed by atoms with Crippen LogP contribution in [0.15, 0.2) is 53.1 Å². The first-order valence-corrected chi connectivity index (χ1v) is 9.50. The number of fused-ring (bicyclic) bond motifs is 1. The van der Waals surface area contributed by atoms with Crippen molar-refractivity contribution in [1.29, 1.82) is 0 Å². The third-order valence-corrected chi connectivity index (χ3v) is 5.35. The predicted molar refractivity (Wildman–Crippen MR) is 107 cm³/mol. The minimum absolute atomic E-state index is 0.0146. The summed E-state index contributed by atoms with van der Waals surface area (Å²) in [5.74, 6) is 0.664.